The summed E-state index contributed by atoms with van der Waals surface area (Å²) < 4.78 is 59.1. The Morgan fingerprint density at radius 2 is 1.82 bits per heavy atom. The van der Waals surface area contributed by atoms with Crippen molar-refractivity contribution in [3.63, 3.8) is 0 Å². The number of fused-ring (bicyclic) bond motifs is 1. The summed E-state index contributed by atoms with van der Waals surface area (Å²) in [5.74, 6) is -1.45. The molecule has 2 heterocycles. The molecule has 0 amide bonds. The van der Waals surface area contributed by atoms with Gasteiger partial charge in [-0.2, -0.15) is 4.98 Å². The molecule has 9 nitrogen and oxygen atoms in total. The van der Waals surface area contributed by atoms with E-state index in [4.69, 9.17) is 16.3 Å². The van der Waals surface area contributed by atoms with Crippen LogP contribution in [-0.4, -0.2) is 74.3 Å². The maximum absolute atomic E-state index is 13.6. The smallest absolute Gasteiger partial charge is 0.257 e. The molecular formula is C25H35ClF2N6O3S. The van der Waals surface area contributed by atoms with Gasteiger partial charge in [-0.3, -0.25) is 4.90 Å². The van der Waals surface area contributed by atoms with Gasteiger partial charge in [0, 0.05) is 32.1 Å². The number of halogens is 3. The number of benzene rings is 1. The Morgan fingerprint density at radius 3 is 2.45 bits per heavy atom. The number of ether oxygens (including phenoxy) is 1. The van der Waals surface area contributed by atoms with Crippen molar-refractivity contribution in [3.8, 4) is 5.75 Å². The largest absolute Gasteiger partial charge is 0.495 e. The topological polar surface area (TPSA) is 108 Å². The summed E-state index contributed by atoms with van der Waals surface area (Å²) in [7, 11) is -1.79. The van der Waals surface area contributed by atoms with E-state index < -0.39 is 15.9 Å². The van der Waals surface area contributed by atoms with Gasteiger partial charge in [-0.25, -0.2) is 26.9 Å². The van der Waals surface area contributed by atoms with Crippen molar-refractivity contribution < 1.29 is 21.9 Å². The predicted molar refractivity (Wildman–Crippen MR) is 145 cm³/mol. The monoisotopic (exact) mass is 572 g/mol. The number of sulfonamides is 1. The molecular weight excluding hydrogens is 538 g/mol. The Bertz CT molecular complexity index is 1240. The first-order valence-corrected chi connectivity index (χ1v) is 15.0. The van der Waals surface area contributed by atoms with Gasteiger partial charge in [-0.1, -0.05) is 24.4 Å². The van der Waals surface area contributed by atoms with Gasteiger partial charge in [0.15, 0.2) is 5.82 Å². The molecule has 3 N–H and O–H groups in total. The Hall–Kier alpha value is -2.28. The van der Waals surface area contributed by atoms with Crippen LogP contribution in [0.4, 0.5) is 26.2 Å². The fraction of sp³-hybridized carbons (Fsp3) is 0.600. The van der Waals surface area contributed by atoms with Crippen LogP contribution in [0, 0.1) is 0 Å². The summed E-state index contributed by atoms with van der Waals surface area (Å²) in [5, 5.41) is 6.84. The zero-order valence-electron chi connectivity index (χ0n) is 21.9. The first-order chi connectivity index (χ1) is 17.9. The number of hydrogen-bond acceptors (Lipinski definition) is 8. The van der Waals surface area contributed by atoms with Crippen LogP contribution in [0.3, 0.4) is 0 Å². The molecule has 0 spiro atoms. The highest BCUT2D eigenvalue weighted by Crippen LogP contribution is 2.33. The van der Waals surface area contributed by atoms with Crippen LogP contribution in [0.5, 0.6) is 5.75 Å². The summed E-state index contributed by atoms with van der Waals surface area (Å²) in [4.78, 5) is 10.7. The van der Waals surface area contributed by atoms with Crippen molar-refractivity contribution in [1.82, 2.24) is 19.6 Å². The van der Waals surface area contributed by atoms with Gasteiger partial charge in [0.25, 0.3) is 5.92 Å². The molecule has 2 aliphatic rings. The fourth-order valence-corrected chi connectivity index (χ4v) is 6.14. The van der Waals surface area contributed by atoms with Crippen LogP contribution in [0.25, 0.3) is 0 Å². The second-order valence-electron chi connectivity index (χ2n) is 10.2. The number of aromatic nitrogens is 2. The van der Waals surface area contributed by atoms with E-state index in [1.165, 1.54) is 6.20 Å². The van der Waals surface area contributed by atoms with Crippen molar-refractivity contribution in [3.05, 3.63) is 34.5 Å². The summed E-state index contributed by atoms with van der Waals surface area (Å²) >= 11 is 6.39. The number of rotatable bonds is 9. The SMILES string of the molecule is COc1cc2c(cc1Nc1ncc(Cl)c(N[C@@H]3CCCC[C@H]3NS(C)(=O)=O)n1)CCN(CC(C)(F)F)CC2. The third-order valence-corrected chi connectivity index (χ3v) is 7.87. The third kappa shape index (κ3) is 7.87. The Balaban J connectivity index is 1.52. The molecule has 2 aromatic rings. The number of hydrogen-bond donors (Lipinski definition) is 3. The Kier molecular flexibility index (Phi) is 8.96. The van der Waals surface area contributed by atoms with Gasteiger partial charge in [-0.15, -0.1) is 0 Å². The zero-order valence-corrected chi connectivity index (χ0v) is 23.4. The molecule has 1 saturated carbocycles. The standard InChI is InChI=1S/C25H35ClF2N6O3S/c1-25(27,28)15-34-10-8-16-12-21(22(37-2)13-17(16)9-11-34)31-24-29-14-18(26)23(32-24)30-19-6-4-5-7-20(19)33-38(3,35)36/h12-14,19-20,33H,4-11,15H2,1-3H3,(H2,29,30,31,32)/t19-,20-/m1/s1. The summed E-state index contributed by atoms with van der Waals surface area (Å²) in [6.07, 6.45) is 7.32. The molecule has 2 atom stereocenters. The molecule has 1 fully saturated rings. The molecule has 0 unspecified atom stereocenters. The highest BCUT2D eigenvalue weighted by Gasteiger charge is 2.29. The minimum Gasteiger partial charge on any atom is -0.495 e. The lowest BCUT2D eigenvalue weighted by Crippen LogP contribution is -2.48. The number of nitrogens with one attached hydrogen (secondary N) is 3. The molecule has 0 bridgehead atoms. The van der Waals surface area contributed by atoms with Crippen LogP contribution in [0.15, 0.2) is 18.3 Å². The maximum Gasteiger partial charge on any atom is 0.257 e. The number of alkyl halides is 2. The summed E-state index contributed by atoms with van der Waals surface area (Å²) in [6.45, 7) is 1.77. The van der Waals surface area contributed by atoms with Crippen LogP contribution in [0.2, 0.25) is 5.02 Å². The molecule has 1 aromatic carbocycles. The lowest BCUT2D eigenvalue weighted by molar-refractivity contribution is -0.0133. The fourth-order valence-electron chi connectivity index (χ4n) is 5.16. The molecule has 0 radical (unpaired) electrons. The summed E-state index contributed by atoms with van der Waals surface area (Å²) in [5.41, 5.74) is 2.78. The van der Waals surface area contributed by atoms with E-state index in [1.54, 1.807) is 12.0 Å². The zero-order chi connectivity index (χ0) is 27.5. The minimum absolute atomic E-state index is 0.167. The van der Waals surface area contributed by atoms with Crippen molar-refractivity contribution in [2.24, 2.45) is 0 Å². The van der Waals surface area contributed by atoms with Crippen LogP contribution < -0.4 is 20.1 Å². The van der Waals surface area contributed by atoms with Crippen molar-refractivity contribution >= 4 is 39.1 Å². The second kappa shape index (κ2) is 11.8. The van der Waals surface area contributed by atoms with Crippen LogP contribution in [0.1, 0.15) is 43.7 Å². The van der Waals surface area contributed by atoms with E-state index in [2.05, 4.69) is 25.3 Å². The quantitative estimate of drug-likeness (QED) is 0.410. The average Bonchev–Trinajstić information content (AvgIpc) is 3.01. The maximum atomic E-state index is 13.6. The van der Waals surface area contributed by atoms with E-state index >= 15 is 0 Å². The second-order valence-corrected chi connectivity index (χ2v) is 12.4. The first kappa shape index (κ1) is 28.7. The Morgan fingerprint density at radius 1 is 1.16 bits per heavy atom. The molecule has 0 saturated heterocycles. The van der Waals surface area contributed by atoms with Crippen LogP contribution >= 0.6 is 11.6 Å². The molecule has 1 aromatic heterocycles. The van der Waals surface area contributed by atoms with E-state index in [0.717, 1.165) is 50.0 Å². The third-order valence-electron chi connectivity index (χ3n) is 6.86. The molecule has 13 heteroatoms. The normalized spacial score (nSPS) is 20.9. The van der Waals surface area contributed by atoms with Crippen molar-refractivity contribution in [1.29, 1.82) is 0 Å². The molecule has 210 valence electrons. The number of methoxy groups -OCH3 is 1. The van der Waals surface area contributed by atoms with Gasteiger partial charge < -0.3 is 15.4 Å². The van der Waals surface area contributed by atoms with Gasteiger partial charge in [0.1, 0.15) is 10.8 Å². The van der Waals surface area contributed by atoms with E-state index in [9.17, 15) is 17.2 Å². The van der Waals surface area contributed by atoms with Crippen LogP contribution in [-0.2, 0) is 22.9 Å². The summed E-state index contributed by atoms with van der Waals surface area (Å²) in [6, 6.07) is 3.46. The lowest BCUT2D eigenvalue weighted by Gasteiger charge is -2.32. The van der Waals surface area contributed by atoms with E-state index in [-0.39, 0.29) is 18.6 Å². The van der Waals surface area contributed by atoms with Gasteiger partial charge in [0.05, 0.1) is 31.8 Å². The highest BCUT2D eigenvalue weighted by molar-refractivity contribution is 7.88. The molecule has 1 aliphatic heterocycles. The predicted octanol–water partition coefficient (Wildman–Crippen LogP) is 4.21. The van der Waals surface area contributed by atoms with E-state index in [0.29, 0.717) is 54.2 Å². The van der Waals surface area contributed by atoms with Crippen molar-refractivity contribution in [2.75, 3.05) is 43.6 Å². The van der Waals surface area contributed by atoms with Gasteiger partial charge in [-0.05, 0) is 48.9 Å². The highest BCUT2D eigenvalue weighted by atomic mass is 35.5. The number of anilines is 3. The molecule has 38 heavy (non-hydrogen) atoms. The molecule has 4 rings (SSSR count). The molecule has 1 aliphatic carbocycles. The first-order valence-electron chi connectivity index (χ1n) is 12.7. The number of nitrogens with zero attached hydrogens (tertiary/aromatic N) is 3. The van der Waals surface area contributed by atoms with Crippen molar-refractivity contribution in [2.45, 2.75) is 63.5 Å². The average molecular weight is 573 g/mol. The van der Waals surface area contributed by atoms with E-state index in [1.807, 2.05) is 12.1 Å². The van der Waals surface area contributed by atoms with Gasteiger partial charge in [0.2, 0.25) is 16.0 Å². The lowest BCUT2D eigenvalue weighted by atomic mass is 9.91. The Labute approximate surface area is 227 Å². The van der Waals surface area contributed by atoms with Gasteiger partial charge >= 0.3 is 0 Å². The minimum atomic E-state index is -3.36.